The molecule has 0 N–H and O–H groups in total. The number of hydrogen-bond donors (Lipinski definition) is 0. The number of nitriles is 1. The van der Waals surface area contributed by atoms with Crippen LogP contribution in [0.3, 0.4) is 0 Å². The van der Waals surface area contributed by atoms with Crippen molar-refractivity contribution in [2.75, 3.05) is 11.4 Å². The average molecular weight is 327 g/mol. The molecule has 0 fully saturated rings. The summed E-state index contributed by atoms with van der Waals surface area (Å²) in [6, 6.07) is 2.54. The first-order chi connectivity index (χ1) is 8.69. The lowest BCUT2D eigenvalue weighted by molar-refractivity contribution is 0.676. The molecule has 0 amide bonds. The van der Waals surface area contributed by atoms with Gasteiger partial charge >= 0.3 is 0 Å². The minimum Gasteiger partial charge on any atom is -0.352 e. The molecule has 0 atom stereocenters. The second kappa shape index (κ2) is 5.72. The van der Waals surface area contributed by atoms with Gasteiger partial charge in [0.15, 0.2) is 10.8 Å². The van der Waals surface area contributed by atoms with Crippen molar-refractivity contribution in [3.05, 3.63) is 17.3 Å². The normalized spacial score (nSPS) is 11.1. The summed E-state index contributed by atoms with van der Waals surface area (Å²) in [5, 5.41) is 11.6. The fourth-order valence-electron chi connectivity index (χ4n) is 1.95. The van der Waals surface area contributed by atoms with Gasteiger partial charge < -0.3 is 4.90 Å². The number of alkyl halides is 1. The van der Waals surface area contributed by atoms with Crippen LogP contribution in [0.2, 0.25) is 0 Å². The van der Waals surface area contributed by atoms with Crippen LogP contribution in [0, 0.1) is 11.3 Å². The smallest absolute Gasteiger partial charge is 0.195 e. The number of anilines is 1. The molecule has 0 bridgehead atoms. The molecule has 96 valence electrons. The second-order valence-corrected chi connectivity index (χ2v) is 5.70. The highest BCUT2D eigenvalue weighted by Gasteiger charge is 2.20. The minimum atomic E-state index is 0.334. The van der Waals surface area contributed by atoms with Gasteiger partial charge in [0.25, 0.3) is 0 Å². The number of fused-ring (bicyclic) bond motifs is 1. The molecule has 4 nitrogen and oxygen atoms in total. The summed E-state index contributed by atoms with van der Waals surface area (Å²) in [5.74, 6) is 0.990. The molecule has 0 spiro atoms. The van der Waals surface area contributed by atoms with Gasteiger partial charge in [-0.05, 0) is 13.8 Å². The molecule has 18 heavy (non-hydrogen) atoms. The predicted octanol–water partition coefficient (Wildman–Crippen LogP) is 3.42. The average Bonchev–Trinajstić information content (AvgIpc) is 2.89. The molecule has 2 aromatic rings. The van der Waals surface area contributed by atoms with Gasteiger partial charge in [-0.1, -0.05) is 15.9 Å². The van der Waals surface area contributed by atoms with Crippen LogP contribution in [0.25, 0.3) is 4.96 Å². The second-order valence-electron chi connectivity index (χ2n) is 4.27. The lowest BCUT2D eigenvalue weighted by Crippen LogP contribution is -2.32. The highest BCUT2D eigenvalue weighted by molar-refractivity contribution is 9.08. The Balaban J connectivity index is 2.43. The summed E-state index contributed by atoms with van der Waals surface area (Å²) < 4.78 is 2.11. The number of hydrogen-bond acceptors (Lipinski definition) is 4. The number of thiazole rings is 1. The summed E-state index contributed by atoms with van der Waals surface area (Å²) in [6.45, 7) is 4.98. The Morgan fingerprint density at radius 3 is 3.00 bits per heavy atom. The van der Waals surface area contributed by atoms with Crippen molar-refractivity contribution < 1.29 is 0 Å². The molecular formula is C12H15BrN4S. The van der Waals surface area contributed by atoms with E-state index in [1.54, 1.807) is 11.3 Å². The van der Waals surface area contributed by atoms with E-state index in [0.29, 0.717) is 12.5 Å². The molecule has 0 aliphatic rings. The highest BCUT2D eigenvalue weighted by Crippen LogP contribution is 2.27. The van der Waals surface area contributed by atoms with Gasteiger partial charge in [0, 0.05) is 29.5 Å². The van der Waals surface area contributed by atoms with Crippen LogP contribution < -0.4 is 4.90 Å². The molecule has 0 saturated carbocycles. The van der Waals surface area contributed by atoms with Crippen molar-refractivity contribution in [2.24, 2.45) is 0 Å². The zero-order valence-electron chi connectivity index (χ0n) is 10.4. The quantitative estimate of drug-likeness (QED) is 0.791. The fraction of sp³-hybridized carbons (Fsp3) is 0.500. The van der Waals surface area contributed by atoms with E-state index in [1.807, 2.05) is 11.6 Å². The van der Waals surface area contributed by atoms with Crippen molar-refractivity contribution in [3.8, 4) is 6.07 Å². The molecule has 0 aliphatic carbocycles. The standard InChI is InChI=1S/C12H15BrN4S/c1-9(2)16(5-3-4-14)11-10(8-13)17-6-7-18-12(17)15-11/h6-7,9H,3,5,8H2,1-2H3. The molecule has 2 aromatic heterocycles. The third-order valence-corrected chi connectivity index (χ3v) is 4.11. The monoisotopic (exact) mass is 326 g/mol. The lowest BCUT2D eigenvalue weighted by Gasteiger charge is -2.26. The Bertz CT molecular complexity index is 566. The fourth-order valence-corrected chi connectivity index (χ4v) is 3.20. The molecule has 6 heteroatoms. The molecule has 2 heterocycles. The third-order valence-electron chi connectivity index (χ3n) is 2.83. The van der Waals surface area contributed by atoms with E-state index in [1.165, 1.54) is 0 Å². The third kappa shape index (κ3) is 2.38. The van der Waals surface area contributed by atoms with E-state index in [9.17, 15) is 0 Å². The molecule has 0 aromatic carbocycles. The Kier molecular flexibility index (Phi) is 4.25. The summed E-state index contributed by atoms with van der Waals surface area (Å²) in [5.41, 5.74) is 1.15. The van der Waals surface area contributed by atoms with Crippen LogP contribution in [0.4, 0.5) is 5.82 Å². The number of halogens is 1. The number of nitrogens with zero attached hydrogens (tertiary/aromatic N) is 4. The molecule has 2 rings (SSSR count). The Labute approximate surface area is 119 Å². The van der Waals surface area contributed by atoms with Gasteiger partial charge in [-0.25, -0.2) is 4.98 Å². The van der Waals surface area contributed by atoms with Gasteiger partial charge in [-0.3, -0.25) is 4.40 Å². The van der Waals surface area contributed by atoms with E-state index < -0.39 is 0 Å². The summed E-state index contributed by atoms with van der Waals surface area (Å²) in [6.07, 6.45) is 2.56. The molecule has 0 unspecified atom stereocenters. The minimum absolute atomic E-state index is 0.334. The van der Waals surface area contributed by atoms with Gasteiger partial charge in [0.2, 0.25) is 0 Å². The predicted molar refractivity (Wildman–Crippen MR) is 78.4 cm³/mol. The van der Waals surface area contributed by atoms with Crippen LogP contribution in [0.1, 0.15) is 26.0 Å². The van der Waals surface area contributed by atoms with E-state index in [-0.39, 0.29) is 0 Å². The van der Waals surface area contributed by atoms with E-state index in [0.717, 1.165) is 28.3 Å². The molecule has 0 saturated heterocycles. The van der Waals surface area contributed by atoms with Crippen molar-refractivity contribution in [1.29, 1.82) is 5.26 Å². The van der Waals surface area contributed by atoms with Crippen LogP contribution >= 0.6 is 27.3 Å². The van der Waals surface area contributed by atoms with E-state index >= 15 is 0 Å². The number of rotatable bonds is 5. The zero-order chi connectivity index (χ0) is 13.1. The first-order valence-corrected chi connectivity index (χ1v) is 7.83. The van der Waals surface area contributed by atoms with E-state index in [2.05, 4.69) is 50.1 Å². The number of aromatic nitrogens is 2. The lowest BCUT2D eigenvalue weighted by atomic mass is 10.2. The topological polar surface area (TPSA) is 44.3 Å². The van der Waals surface area contributed by atoms with Gasteiger partial charge in [-0.2, -0.15) is 5.26 Å². The van der Waals surface area contributed by atoms with Crippen LogP contribution in [-0.2, 0) is 5.33 Å². The van der Waals surface area contributed by atoms with Crippen LogP contribution in [0.15, 0.2) is 11.6 Å². The van der Waals surface area contributed by atoms with Crippen LogP contribution in [0.5, 0.6) is 0 Å². The zero-order valence-corrected chi connectivity index (χ0v) is 12.8. The summed E-state index contributed by atoms with van der Waals surface area (Å²) in [4.78, 5) is 7.88. The van der Waals surface area contributed by atoms with E-state index in [4.69, 9.17) is 5.26 Å². The first-order valence-electron chi connectivity index (χ1n) is 5.83. The number of imidazole rings is 1. The van der Waals surface area contributed by atoms with Crippen molar-refractivity contribution >= 4 is 38.0 Å². The van der Waals surface area contributed by atoms with Crippen molar-refractivity contribution in [3.63, 3.8) is 0 Å². The largest absolute Gasteiger partial charge is 0.352 e. The maximum absolute atomic E-state index is 8.76. The maximum Gasteiger partial charge on any atom is 0.195 e. The van der Waals surface area contributed by atoms with Crippen LogP contribution in [-0.4, -0.2) is 22.0 Å². The molecule has 0 aliphatic heterocycles. The first kappa shape index (κ1) is 13.4. The van der Waals surface area contributed by atoms with Crippen molar-refractivity contribution in [1.82, 2.24) is 9.38 Å². The Morgan fingerprint density at radius 2 is 2.39 bits per heavy atom. The van der Waals surface area contributed by atoms with Gasteiger partial charge in [0.1, 0.15) is 0 Å². The molecular weight excluding hydrogens is 312 g/mol. The van der Waals surface area contributed by atoms with Gasteiger partial charge in [-0.15, -0.1) is 11.3 Å². The molecule has 0 radical (unpaired) electrons. The highest BCUT2D eigenvalue weighted by atomic mass is 79.9. The summed E-state index contributed by atoms with van der Waals surface area (Å²) in [7, 11) is 0. The Morgan fingerprint density at radius 1 is 1.61 bits per heavy atom. The SMILES string of the molecule is CC(C)N(CCC#N)c1nc2sccn2c1CBr. The van der Waals surface area contributed by atoms with Crippen molar-refractivity contribution in [2.45, 2.75) is 31.6 Å². The Hall–Kier alpha value is -1.06. The maximum atomic E-state index is 8.76. The summed E-state index contributed by atoms with van der Waals surface area (Å²) >= 11 is 5.16. The van der Waals surface area contributed by atoms with Gasteiger partial charge in [0.05, 0.1) is 18.2 Å².